The Labute approximate surface area is 168 Å². The number of carbonyl (C=O) groups excluding carboxylic acids is 1. The summed E-state index contributed by atoms with van der Waals surface area (Å²) in [5.41, 5.74) is 3.23. The first-order valence-electron chi connectivity index (χ1n) is 10.4. The number of piperazine rings is 1. The van der Waals surface area contributed by atoms with Crippen molar-refractivity contribution in [3.63, 3.8) is 0 Å². The van der Waals surface area contributed by atoms with Gasteiger partial charge in [0.25, 0.3) is 5.91 Å². The predicted molar refractivity (Wildman–Crippen MR) is 113 cm³/mol. The molecule has 0 spiro atoms. The van der Waals surface area contributed by atoms with Gasteiger partial charge in [-0.05, 0) is 57.7 Å². The zero-order valence-electron chi connectivity index (χ0n) is 17.2. The molecule has 1 N–H and O–H groups in total. The van der Waals surface area contributed by atoms with Gasteiger partial charge in [-0.15, -0.1) is 0 Å². The summed E-state index contributed by atoms with van der Waals surface area (Å²) >= 11 is 1.90. The van der Waals surface area contributed by atoms with Crippen molar-refractivity contribution < 1.29 is 4.79 Å². The molecule has 0 unspecified atom stereocenters. The van der Waals surface area contributed by atoms with Crippen molar-refractivity contribution in [1.29, 1.82) is 0 Å². The molecule has 1 aromatic rings. The lowest BCUT2D eigenvalue weighted by atomic mass is 9.91. The summed E-state index contributed by atoms with van der Waals surface area (Å²) in [5.74, 6) is 1.34. The number of fused-ring (bicyclic) bond motifs is 1. The normalized spacial score (nSPS) is 20.7. The molecule has 1 aromatic heterocycles. The molecule has 1 atom stereocenters. The van der Waals surface area contributed by atoms with Crippen LogP contribution in [-0.2, 0) is 19.4 Å². The number of hydrogen-bond donors (Lipinski definition) is 1. The smallest absolute Gasteiger partial charge is 0.274 e. The fourth-order valence-electron chi connectivity index (χ4n) is 4.11. The van der Waals surface area contributed by atoms with Crippen molar-refractivity contribution in [2.45, 2.75) is 51.6 Å². The van der Waals surface area contributed by atoms with Crippen LogP contribution in [0.2, 0.25) is 0 Å². The first-order valence-corrected chi connectivity index (χ1v) is 11.8. The second-order valence-corrected chi connectivity index (χ2v) is 8.82. The van der Waals surface area contributed by atoms with Gasteiger partial charge in [0.2, 0.25) is 0 Å². The summed E-state index contributed by atoms with van der Waals surface area (Å²) in [6, 6.07) is 0.470. The van der Waals surface area contributed by atoms with Gasteiger partial charge in [0.05, 0.1) is 0 Å². The van der Waals surface area contributed by atoms with E-state index in [2.05, 4.69) is 35.1 Å². The highest BCUT2D eigenvalue weighted by Gasteiger charge is 2.31. The van der Waals surface area contributed by atoms with Crippen molar-refractivity contribution in [3.05, 3.63) is 17.0 Å². The van der Waals surface area contributed by atoms with Crippen molar-refractivity contribution >= 4 is 17.7 Å². The topological polar surface area (TPSA) is 53.4 Å². The molecule has 1 amide bonds. The third-order valence-electron chi connectivity index (χ3n) is 5.73. The molecule has 6 nitrogen and oxygen atoms in total. The quantitative estimate of drug-likeness (QED) is 0.684. The molecule has 0 saturated carbocycles. The van der Waals surface area contributed by atoms with E-state index >= 15 is 0 Å². The van der Waals surface area contributed by atoms with Crippen LogP contribution in [0.1, 0.15) is 47.9 Å². The second kappa shape index (κ2) is 9.94. The third kappa shape index (κ3) is 5.06. The largest absolute Gasteiger partial charge is 0.335 e. The van der Waals surface area contributed by atoms with Crippen molar-refractivity contribution in [2.75, 3.05) is 51.8 Å². The standard InChI is InChI=1S/C20H35N5OS/c1-4-9-25-18-7-6-16(21-8-5-14-27-3)15-17(18)19(22-25)20(26)24-12-10-23(2)11-13-24/h16,21H,4-15H2,1-3H3/t16-/m1/s1. The molecule has 7 heteroatoms. The highest BCUT2D eigenvalue weighted by molar-refractivity contribution is 7.98. The molecule has 27 heavy (non-hydrogen) atoms. The molecule has 0 bridgehead atoms. The number of amides is 1. The third-order valence-corrected chi connectivity index (χ3v) is 6.43. The van der Waals surface area contributed by atoms with Gasteiger partial charge in [0, 0.05) is 50.0 Å². The van der Waals surface area contributed by atoms with Gasteiger partial charge < -0.3 is 15.1 Å². The molecule has 1 fully saturated rings. The number of hydrogen-bond acceptors (Lipinski definition) is 5. The van der Waals surface area contributed by atoms with Gasteiger partial charge in [-0.1, -0.05) is 6.92 Å². The molecule has 1 aliphatic heterocycles. The Kier molecular flexibility index (Phi) is 7.61. The minimum atomic E-state index is 0.136. The number of nitrogens with one attached hydrogen (secondary N) is 1. The maximum absolute atomic E-state index is 13.2. The molecule has 2 aliphatic rings. The van der Waals surface area contributed by atoms with Gasteiger partial charge in [-0.25, -0.2) is 0 Å². The summed E-state index contributed by atoms with van der Waals surface area (Å²) in [5, 5.41) is 8.51. The predicted octanol–water partition coefficient (Wildman–Crippen LogP) is 1.88. The molecule has 152 valence electrons. The van der Waals surface area contributed by atoms with E-state index < -0.39 is 0 Å². The summed E-state index contributed by atoms with van der Waals surface area (Å²) in [4.78, 5) is 17.5. The Balaban J connectivity index is 1.73. The van der Waals surface area contributed by atoms with Gasteiger partial charge in [-0.3, -0.25) is 9.48 Å². The van der Waals surface area contributed by atoms with Crippen LogP contribution >= 0.6 is 11.8 Å². The number of aromatic nitrogens is 2. The van der Waals surface area contributed by atoms with E-state index in [1.165, 1.54) is 23.4 Å². The highest BCUT2D eigenvalue weighted by atomic mass is 32.2. The fraction of sp³-hybridized carbons (Fsp3) is 0.800. The SMILES string of the molecule is CCCn1nc(C(=O)N2CCN(C)CC2)c2c1CC[C@@H](NCCCSC)C2. The molecule has 1 saturated heterocycles. The Morgan fingerprint density at radius 3 is 2.78 bits per heavy atom. The lowest BCUT2D eigenvalue weighted by Crippen LogP contribution is -2.47. The van der Waals surface area contributed by atoms with Crippen LogP contribution in [0.3, 0.4) is 0 Å². The second-order valence-electron chi connectivity index (χ2n) is 7.83. The number of thioether (sulfide) groups is 1. The van der Waals surface area contributed by atoms with E-state index in [0.29, 0.717) is 6.04 Å². The van der Waals surface area contributed by atoms with Crippen LogP contribution in [0.15, 0.2) is 0 Å². The number of aryl methyl sites for hydroxylation is 1. The molecule has 0 radical (unpaired) electrons. The minimum Gasteiger partial charge on any atom is -0.335 e. The lowest BCUT2D eigenvalue weighted by molar-refractivity contribution is 0.0656. The van der Waals surface area contributed by atoms with Gasteiger partial charge in [0.1, 0.15) is 0 Å². The van der Waals surface area contributed by atoms with E-state index in [9.17, 15) is 4.79 Å². The van der Waals surface area contributed by atoms with Gasteiger partial charge >= 0.3 is 0 Å². The molecular weight excluding hydrogens is 358 g/mol. The minimum absolute atomic E-state index is 0.136. The maximum Gasteiger partial charge on any atom is 0.274 e. The van der Waals surface area contributed by atoms with E-state index in [-0.39, 0.29) is 5.91 Å². The monoisotopic (exact) mass is 393 g/mol. The van der Waals surface area contributed by atoms with Crippen LogP contribution in [0.5, 0.6) is 0 Å². The van der Waals surface area contributed by atoms with Crippen LogP contribution < -0.4 is 5.32 Å². The average Bonchev–Trinajstić information content (AvgIpc) is 3.03. The summed E-state index contributed by atoms with van der Waals surface area (Å²) in [6.45, 7) is 7.65. The zero-order valence-corrected chi connectivity index (χ0v) is 18.0. The van der Waals surface area contributed by atoms with Crippen molar-refractivity contribution in [2.24, 2.45) is 0 Å². The Hall–Kier alpha value is -1.05. The fourth-order valence-corrected chi connectivity index (χ4v) is 4.55. The summed E-state index contributed by atoms with van der Waals surface area (Å²) < 4.78 is 2.11. The number of rotatable bonds is 8. The Morgan fingerprint density at radius 2 is 2.07 bits per heavy atom. The average molecular weight is 394 g/mol. The molecule has 1 aliphatic carbocycles. The first-order chi connectivity index (χ1) is 13.1. The van der Waals surface area contributed by atoms with E-state index in [1.54, 1.807) is 0 Å². The highest BCUT2D eigenvalue weighted by Crippen LogP contribution is 2.26. The number of nitrogens with zero attached hydrogens (tertiary/aromatic N) is 4. The van der Waals surface area contributed by atoms with E-state index in [4.69, 9.17) is 5.10 Å². The number of carbonyl (C=O) groups is 1. The van der Waals surface area contributed by atoms with Gasteiger partial charge in [0.15, 0.2) is 5.69 Å². The van der Waals surface area contributed by atoms with Crippen molar-refractivity contribution in [3.8, 4) is 0 Å². The number of likely N-dealkylation sites (N-methyl/N-ethyl adjacent to an activating group) is 1. The van der Waals surface area contributed by atoms with Crippen LogP contribution in [0, 0.1) is 0 Å². The zero-order chi connectivity index (χ0) is 19.2. The summed E-state index contributed by atoms with van der Waals surface area (Å²) in [6.07, 6.45) is 7.51. The van der Waals surface area contributed by atoms with Gasteiger partial charge in [-0.2, -0.15) is 16.9 Å². The Bertz CT molecular complexity index is 624. The van der Waals surface area contributed by atoms with Crippen LogP contribution in [0.25, 0.3) is 0 Å². The Morgan fingerprint density at radius 1 is 1.30 bits per heavy atom. The molecule has 0 aromatic carbocycles. The maximum atomic E-state index is 13.2. The van der Waals surface area contributed by atoms with Crippen molar-refractivity contribution in [1.82, 2.24) is 24.9 Å². The molecular formula is C20H35N5OS. The van der Waals surface area contributed by atoms with E-state index in [1.807, 2.05) is 16.7 Å². The molecule has 2 heterocycles. The lowest BCUT2D eigenvalue weighted by Gasteiger charge is -2.32. The van der Waals surface area contributed by atoms with Crippen LogP contribution in [0.4, 0.5) is 0 Å². The van der Waals surface area contributed by atoms with Crippen LogP contribution in [-0.4, -0.2) is 83.3 Å². The summed E-state index contributed by atoms with van der Waals surface area (Å²) in [7, 11) is 2.12. The molecule has 3 rings (SSSR count). The first kappa shape index (κ1) is 20.7. The van der Waals surface area contributed by atoms with E-state index in [0.717, 1.165) is 70.6 Å².